The second-order valence-corrected chi connectivity index (χ2v) is 19.9. The molecule has 1 aromatic carbocycles. The minimum Gasteiger partial charge on any atom is -0.494 e. The number of nitrogens with zero attached hydrogens (tertiary/aromatic N) is 2. The number of hydrogen-bond donors (Lipinski definition) is 7. The van der Waals surface area contributed by atoms with Crippen molar-refractivity contribution in [3.05, 3.63) is 59.4 Å². The van der Waals surface area contributed by atoms with Crippen molar-refractivity contribution in [2.45, 2.75) is 165 Å². The van der Waals surface area contributed by atoms with Crippen molar-refractivity contribution < 1.29 is 48.7 Å². The Morgan fingerprint density at radius 3 is 2.58 bits per heavy atom. The van der Waals surface area contributed by atoms with Crippen LogP contribution in [-0.2, 0) is 33.3 Å². The van der Waals surface area contributed by atoms with Crippen molar-refractivity contribution in [2.24, 2.45) is 17.8 Å². The van der Waals surface area contributed by atoms with Crippen molar-refractivity contribution in [1.29, 1.82) is 0 Å². The molecule has 3 fully saturated rings. The number of likely N-dealkylation sites (N-methyl/N-ethyl adjacent to an activating group) is 1. The van der Waals surface area contributed by atoms with Gasteiger partial charge in [0.25, 0.3) is 5.91 Å². The molecule has 6 rings (SSSR count). The number of aliphatic hydroxyl groups is 3. The number of benzene rings is 1. The third kappa shape index (κ3) is 14.0. The summed E-state index contributed by atoms with van der Waals surface area (Å²) in [5.74, 6) is 0.0144. The second kappa shape index (κ2) is 23.5. The third-order valence-corrected chi connectivity index (χ3v) is 14.2. The van der Waals surface area contributed by atoms with E-state index < -0.39 is 67.4 Å². The summed E-state index contributed by atoms with van der Waals surface area (Å²) >= 11 is 0. The van der Waals surface area contributed by atoms with E-state index in [1.165, 1.54) is 0 Å². The van der Waals surface area contributed by atoms with E-state index in [9.17, 15) is 29.7 Å². The maximum Gasteiger partial charge on any atom is 0.250 e. The molecule has 16 nitrogen and oxygen atoms in total. The fraction of sp³-hybridized carbons (Fsp3) is 0.735. The first-order valence-corrected chi connectivity index (χ1v) is 24.1. The fourth-order valence-corrected chi connectivity index (χ4v) is 10.3. The number of rotatable bonds is 17. The topological polar surface area (TPSA) is 207 Å². The van der Waals surface area contributed by atoms with Gasteiger partial charge in [-0.05, 0) is 102 Å². The minimum atomic E-state index is -1.49. The van der Waals surface area contributed by atoms with Gasteiger partial charge in [0, 0.05) is 38.6 Å². The number of carbonyl (C=O) groups excluding carboxylic acids is 3. The van der Waals surface area contributed by atoms with Gasteiger partial charge in [0.15, 0.2) is 0 Å². The number of fused-ring (bicyclic) bond motifs is 3. The van der Waals surface area contributed by atoms with E-state index in [0.29, 0.717) is 56.9 Å². The number of nitrogens with one attached hydrogen (secondary N) is 4. The third-order valence-electron chi connectivity index (χ3n) is 14.2. The molecule has 3 aliphatic heterocycles. The molecule has 12 unspecified atom stereocenters. The molecule has 65 heavy (non-hydrogen) atoms. The SMILES string of the molecule is CCCC(NC1OC1C1C[C@@H]2CN1C(O)[C@H](C1CCCC(CC(C)(C)OC)C1)NC(=O)CC1=CC(=CCC1C)OCCCO2)C(O)C(=O)NCC(=O)NC(c1ccccc1)C(O)N(C)C. The van der Waals surface area contributed by atoms with Gasteiger partial charge in [0.05, 0.1) is 43.5 Å². The molecular formula is C49H78N6O10. The molecule has 364 valence electrons. The first kappa shape index (κ1) is 51.0. The van der Waals surface area contributed by atoms with Crippen LogP contribution < -0.4 is 21.3 Å². The highest BCUT2D eigenvalue weighted by molar-refractivity contribution is 5.87. The van der Waals surface area contributed by atoms with Crippen molar-refractivity contribution in [3.63, 3.8) is 0 Å². The molecule has 5 aliphatic rings. The molecule has 0 radical (unpaired) electrons. The molecule has 3 heterocycles. The van der Waals surface area contributed by atoms with E-state index >= 15 is 0 Å². The number of carbonyl (C=O) groups is 3. The molecule has 16 heteroatoms. The molecule has 14 atom stereocenters. The standard InChI is InChI=1S/C49H78N6O10/c1-8-14-37(43(58)45(59)50-28-40(57)53-41(47(60)54(5)6)32-16-10-9-11-17-32)51-46-44(65-46)38-26-36-29-55(38)48(61)42(33-18-12-15-31(23-33)27-49(3,4)62-7)52-39(56)25-34-24-35(20-19-30(34)2)63-21-13-22-64-36/h9-11,16-17,20,24,30-31,33,36-38,41-44,46-48,51,58,60-61H,8,12-15,18-19,21-23,25-29H2,1-7H3,(H,50,59)(H,52,56)(H,53,57)/t30?,31?,33?,36-,37?,38?,41?,42+,43?,44?,46?,47?,48?/m1/s1. The fourth-order valence-electron chi connectivity index (χ4n) is 10.3. The van der Waals surface area contributed by atoms with Crippen LogP contribution in [0.25, 0.3) is 0 Å². The van der Waals surface area contributed by atoms with Gasteiger partial charge in [-0.1, -0.05) is 69.0 Å². The summed E-state index contributed by atoms with van der Waals surface area (Å²) in [5, 5.41) is 47.0. The number of methoxy groups -OCH3 is 1. The van der Waals surface area contributed by atoms with Gasteiger partial charge in [0.1, 0.15) is 36.7 Å². The lowest BCUT2D eigenvalue weighted by atomic mass is 9.73. The highest BCUT2D eigenvalue weighted by Gasteiger charge is 2.55. The van der Waals surface area contributed by atoms with Crippen LogP contribution in [0.3, 0.4) is 0 Å². The summed E-state index contributed by atoms with van der Waals surface area (Å²) in [6, 6.07) is 6.81. The number of amides is 3. The molecule has 3 amide bonds. The monoisotopic (exact) mass is 911 g/mol. The Bertz CT molecular complexity index is 1780. The van der Waals surface area contributed by atoms with Crippen LogP contribution in [0.2, 0.25) is 0 Å². The molecule has 0 spiro atoms. The summed E-state index contributed by atoms with van der Waals surface area (Å²) in [7, 11) is 5.15. The zero-order chi connectivity index (χ0) is 46.8. The summed E-state index contributed by atoms with van der Waals surface area (Å²) in [5.41, 5.74) is 1.42. The molecule has 1 saturated carbocycles. The molecule has 7 N–H and O–H groups in total. The van der Waals surface area contributed by atoms with E-state index in [-0.39, 0.29) is 41.9 Å². The molecule has 1 aromatic rings. The Labute approximate surface area is 386 Å². The Morgan fingerprint density at radius 1 is 1.09 bits per heavy atom. The quantitative estimate of drug-likeness (QED) is 0.0887. The van der Waals surface area contributed by atoms with E-state index in [1.807, 2.05) is 36.1 Å². The first-order chi connectivity index (χ1) is 31.1. The van der Waals surface area contributed by atoms with E-state index in [2.05, 4.69) is 48.1 Å². The molecule has 4 bridgehead atoms. The van der Waals surface area contributed by atoms with Crippen LogP contribution >= 0.6 is 0 Å². The van der Waals surface area contributed by atoms with Crippen LogP contribution in [0.4, 0.5) is 0 Å². The smallest absolute Gasteiger partial charge is 0.250 e. The molecular weight excluding hydrogens is 833 g/mol. The number of hydrogen-bond acceptors (Lipinski definition) is 13. The summed E-state index contributed by atoms with van der Waals surface area (Å²) in [4.78, 5) is 44.2. The van der Waals surface area contributed by atoms with Crippen molar-refractivity contribution in [3.8, 4) is 0 Å². The van der Waals surface area contributed by atoms with E-state index in [4.69, 9.17) is 18.9 Å². The van der Waals surface area contributed by atoms with Gasteiger partial charge in [-0.2, -0.15) is 0 Å². The van der Waals surface area contributed by atoms with Crippen molar-refractivity contribution in [2.75, 3.05) is 47.5 Å². The van der Waals surface area contributed by atoms with Gasteiger partial charge in [-0.3, -0.25) is 29.5 Å². The van der Waals surface area contributed by atoms with Crippen LogP contribution in [-0.4, -0.2) is 151 Å². The predicted octanol–water partition coefficient (Wildman–Crippen LogP) is 3.23. The van der Waals surface area contributed by atoms with E-state index in [1.54, 1.807) is 38.2 Å². The average Bonchev–Trinajstić information content (AvgIpc) is 3.92. The largest absolute Gasteiger partial charge is 0.494 e. The summed E-state index contributed by atoms with van der Waals surface area (Å²) < 4.78 is 24.7. The lowest BCUT2D eigenvalue weighted by Gasteiger charge is -2.42. The maximum atomic E-state index is 14.1. The normalized spacial score (nSPS) is 31.9. The van der Waals surface area contributed by atoms with Gasteiger partial charge >= 0.3 is 0 Å². The highest BCUT2D eigenvalue weighted by Crippen LogP contribution is 2.41. The number of ether oxygens (including phenoxy) is 4. The zero-order valence-corrected chi connectivity index (χ0v) is 39.7. The summed E-state index contributed by atoms with van der Waals surface area (Å²) in [6.07, 6.45) is 7.46. The molecule has 2 saturated heterocycles. The Balaban J connectivity index is 1.15. The number of aliphatic hydroxyl groups excluding tert-OH is 3. The zero-order valence-electron chi connectivity index (χ0n) is 39.7. The van der Waals surface area contributed by atoms with Crippen molar-refractivity contribution >= 4 is 17.7 Å². The predicted molar refractivity (Wildman–Crippen MR) is 246 cm³/mol. The Hall–Kier alpha value is -3.45. The van der Waals surface area contributed by atoms with Gasteiger partial charge in [-0.15, -0.1) is 0 Å². The first-order valence-electron chi connectivity index (χ1n) is 24.1. The van der Waals surface area contributed by atoms with Gasteiger partial charge in [0.2, 0.25) is 11.8 Å². The molecule has 0 aromatic heterocycles. The maximum absolute atomic E-state index is 14.1. The number of allylic oxidation sites excluding steroid dienone is 2. The Kier molecular flexibility index (Phi) is 18.4. The van der Waals surface area contributed by atoms with Crippen LogP contribution in [0.5, 0.6) is 0 Å². The second-order valence-electron chi connectivity index (χ2n) is 19.9. The van der Waals surface area contributed by atoms with Crippen LogP contribution in [0, 0.1) is 17.8 Å². The van der Waals surface area contributed by atoms with Crippen LogP contribution in [0.1, 0.15) is 110 Å². The van der Waals surface area contributed by atoms with Crippen molar-refractivity contribution in [1.82, 2.24) is 31.1 Å². The van der Waals surface area contributed by atoms with E-state index in [0.717, 1.165) is 49.9 Å². The number of epoxide rings is 1. The lowest BCUT2D eigenvalue weighted by molar-refractivity contribution is -0.133. The summed E-state index contributed by atoms with van der Waals surface area (Å²) in [6.45, 7) is 9.30. The average molecular weight is 911 g/mol. The highest BCUT2D eigenvalue weighted by atomic mass is 16.6. The van der Waals surface area contributed by atoms with Gasteiger partial charge < -0.3 is 50.2 Å². The van der Waals surface area contributed by atoms with Crippen LogP contribution in [0.15, 0.2) is 53.8 Å². The Morgan fingerprint density at radius 2 is 1.86 bits per heavy atom. The lowest BCUT2D eigenvalue weighted by Crippen LogP contribution is -2.58. The van der Waals surface area contributed by atoms with Gasteiger partial charge in [-0.25, -0.2) is 0 Å². The molecule has 2 aliphatic carbocycles. The minimum absolute atomic E-state index is 0.0254.